The molecule has 0 aliphatic carbocycles. The molecule has 0 spiro atoms. The Balaban J connectivity index is 1.71. The van der Waals surface area contributed by atoms with Gasteiger partial charge in [0.1, 0.15) is 23.4 Å². The van der Waals surface area contributed by atoms with Crippen LogP contribution in [0.2, 0.25) is 0 Å². The van der Waals surface area contributed by atoms with Crippen LogP contribution in [-0.2, 0) is 6.54 Å². The van der Waals surface area contributed by atoms with Crippen LogP contribution in [-0.4, -0.2) is 29.2 Å². The number of nitrogens with zero attached hydrogens (tertiary/aromatic N) is 2. The van der Waals surface area contributed by atoms with Gasteiger partial charge in [0.2, 0.25) is 0 Å². The van der Waals surface area contributed by atoms with Gasteiger partial charge in [-0.3, -0.25) is 0 Å². The quantitative estimate of drug-likeness (QED) is 0.728. The number of ether oxygens (including phenoxy) is 1. The van der Waals surface area contributed by atoms with Gasteiger partial charge in [-0.15, -0.1) is 0 Å². The zero-order valence-corrected chi connectivity index (χ0v) is 15.2. The van der Waals surface area contributed by atoms with Crippen LogP contribution in [0.5, 0.6) is 5.75 Å². The molecule has 1 aliphatic heterocycles. The monoisotopic (exact) mass is 383 g/mol. The lowest BCUT2D eigenvalue weighted by atomic mass is 9.99. The van der Waals surface area contributed by atoms with Crippen LogP contribution < -0.4 is 10.1 Å². The minimum Gasteiger partial charge on any atom is -0.496 e. The lowest BCUT2D eigenvalue weighted by molar-refractivity contribution is 0.180. The van der Waals surface area contributed by atoms with Crippen LogP contribution >= 0.6 is 0 Å². The van der Waals surface area contributed by atoms with Gasteiger partial charge in [0.15, 0.2) is 0 Å². The van der Waals surface area contributed by atoms with E-state index in [1.54, 1.807) is 12.0 Å². The Bertz CT molecular complexity index is 1020. The van der Waals surface area contributed by atoms with E-state index in [0.29, 0.717) is 18.8 Å². The van der Waals surface area contributed by atoms with Crippen molar-refractivity contribution in [3.05, 3.63) is 83.7 Å². The minimum atomic E-state index is -0.817. The number of hydrogen-bond acceptors (Lipinski definition) is 2. The molecule has 0 bridgehead atoms. The van der Waals surface area contributed by atoms with Crippen LogP contribution in [0.25, 0.3) is 0 Å². The number of carbonyl (C=O) groups excluding carboxylic acids is 1. The van der Waals surface area contributed by atoms with E-state index in [4.69, 9.17) is 4.74 Å². The molecule has 0 fully saturated rings. The highest BCUT2D eigenvalue weighted by Crippen LogP contribution is 2.37. The smallest absolute Gasteiger partial charge is 0.322 e. The number of amides is 2. The molecule has 1 unspecified atom stereocenters. The molecule has 4 rings (SSSR count). The number of nitrogens with one attached hydrogen (secondary N) is 1. The maximum absolute atomic E-state index is 14.0. The third-order valence-corrected chi connectivity index (χ3v) is 4.91. The van der Waals surface area contributed by atoms with E-state index in [1.807, 2.05) is 42.6 Å². The zero-order chi connectivity index (χ0) is 19.7. The number of methoxy groups -OCH3 is 1. The van der Waals surface area contributed by atoms with Gasteiger partial charge < -0.3 is 19.5 Å². The molecule has 0 radical (unpaired) electrons. The summed E-state index contributed by atoms with van der Waals surface area (Å²) in [4.78, 5) is 14.7. The lowest BCUT2D eigenvalue weighted by Crippen LogP contribution is -2.44. The van der Waals surface area contributed by atoms with Crippen molar-refractivity contribution in [2.24, 2.45) is 0 Å². The molecule has 0 saturated heterocycles. The third kappa shape index (κ3) is 3.19. The van der Waals surface area contributed by atoms with Gasteiger partial charge in [0.05, 0.1) is 12.8 Å². The molecular weight excluding hydrogens is 364 g/mol. The standard InChI is InChI=1S/C21H19F2N3O2/c1-28-19-7-3-2-5-15(19)20-18-6-4-10-25(18)11-12-26(20)21(27)24-17-9-8-14(22)13-16(17)23/h2-10,13,20H,11-12H2,1H3,(H,24,27). The van der Waals surface area contributed by atoms with E-state index in [9.17, 15) is 13.6 Å². The average Bonchev–Trinajstić information content (AvgIpc) is 3.18. The normalized spacial score (nSPS) is 15.8. The average molecular weight is 383 g/mol. The summed E-state index contributed by atoms with van der Waals surface area (Å²) in [7, 11) is 1.58. The Morgan fingerprint density at radius 3 is 2.71 bits per heavy atom. The summed E-state index contributed by atoms with van der Waals surface area (Å²) in [6.07, 6.45) is 1.96. The number of aromatic nitrogens is 1. The zero-order valence-electron chi connectivity index (χ0n) is 15.2. The Hall–Kier alpha value is -3.35. The third-order valence-electron chi connectivity index (χ3n) is 4.91. The summed E-state index contributed by atoms with van der Waals surface area (Å²) in [5, 5.41) is 2.56. The predicted octanol–water partition coefficient (Wildman–Crippen LogP) is 4.41. The molecule has 2 aromatic carbocycles. The van der Waals surface area contributed by atoms with Gasteiger partial charge in [-0.25, -0.2) is 13.6 Å². The fraction of sp³-hybridized carbons (Fsp3) is 0.190. The largest absolute Gasteiger partial charge is 0.496 e. The highest BCUT2D eigenvalue weighted by Gasteiger charge is 2.34. The Morgan fingerprint density at radius 1 is 1.11 bits per heavy atom. The summed E-state index contributed by atoms with van der Waals surface area (Å²) in [5.74, 6) is -0.853. The van der Waals surface area contributed by atoms with Crippen LogP contribution in [0.4, 0.5) is 19.3 Å². The first-order chi connectivity index (χ1) is 13.6. The SMILES string of the molecule is COc1ccccc1C1c2cccn2CCN1C(=O)Nc1ccc(F)cc1F. The van der Waals surface area contributed by atoms with E-state index in [2.05, 4.69) is 9.88 Å². The number of para-hydroxylation sites is 1. The van der Waals surface area contributed by atoms with Crippen molar-refractivity contribution < 1.29 is 18.3 Å². The summed E-state index contributed by atoms with van der Waals surface area (Å²) in [6, 6.07) is 13.6. The van der Waals surface area contributed by atoms with Crippen molar-refractivity contribution in [3.8, 4) is 5.75 Å². The van der Waals surface area contributed by atoms with E-state index in [-0.39, 0.29) is 5.69 Å². The fourth-order valence-electron chi connectivity index (χ4n) is 3.60. The topological polar surface area (TPSA) is 46.5 Å². The Labute approximate surface area is 161 Å². The highest BCUT2D eigenvalue weighted by atomic mass is 19.1. The lowest BCUT2D eigenvalue weighted by Gasteiger charge is -2.37. The van der Waals surface area contributed by atoms with E-state index in [1.165, 1.54) is 6.07 Å². The minimum absolute atomic E-state index is 0.0638. The molecule has 1 atom stereocenters. The molecule has 1 aliphatic rings. The van der Waals surface area contributed by atoms with Crippen molar-refractivity contribution in [3.63, 3.8) is 0 Å². The number of halogens is 2. The molecule has 0 saturated carbocycles. The van der Waals surface area contributed by atoms with Crippen LogP contribution in [0.15, 0.2) is 60.8 Å². The maximum atomic E-state index is 14.0. The van der Waals surface area contributed by atoms with Crippen molar-refractivity contribution >= 4 is 11.7 Å². The van der Waals surface area contributed by atoms with Crippen molar-refractivity contribution in [2.75, 3.05) is 19.0 Å². The number of urea groups is 1. The molecular formula is C21H19F2N3O2. The van der Waals surface area contributed by atoms with Gasteiger partial charge >= 0.3 is 6.03 Å². The number of hydrogen-bond donors (Lipinski definition) is 1. The molecule has 7 heteroatoms. The van der Waals surface area contributed by atoms with Gasteiger partial charge in [-0.1, -0.05) is 18.2 Å². The van der Waals surface area contributed by atoms with Crippen molar-refractivity contribution in [2.45, 2.75) is 12.6 Å². The number of rotatable bonds is 3. The van der Waals surface area contributed by atoms with Crippen molar-refractivity contribution in [1.29, 1.82) is 0 Å². The molecule has 1 aromatic heterocycles. The first-order valence-corrected chi connectivity index (χ1v) is 8.89. The summed E-state index contributed by atoms with van der Waals surface area (Å²) < 4.78 is 34.7. The maximum Gasteiger partial charge on any atom is 0.322 e. The van der Waals surface area contributed by atoms with E-state index in [0.717, 1.165) is 23.4 Å². The van der Waals surface area contributed by atoms with Gasteiger partial charge in [0, 0.05) is 36.6 Å². The molecule has 5 nitrogen and oxygen atoms in total. The molecule has 1 N–H and O–H groups in total. The predicted molar refractivity (Wildman–Crippen MR) is 101 cm³/mol. The Morgan fingerprint density at radius 2 is 1.93 bits per heavy atom. The van der Waals surface area contributed by atoms with Crippen LogP contribution in [0.3, 0.4) is 0 Å². The van der Waals surface area contributed by atoms with Crippen LogP contribution in [0.1, 0.15) is 17.3 Å². The number of anilines is 1. The number of benzene rings is 2. The van der Waals surface area contributed by atoms with E-state index < -0.39 is 23.7 Å². The molecule has 2 amide bonds. The summed E-state index contributed by atoms with van der Waals surface area (Å²) in [6.45, 7) is 1.05. The second-order valence-corrected chi connectivity index (χ2v) is 6.52. The summed E-state index contributed by atoms with van der Waals surface area (Å²) >= 11 is 0. The fourth-order valence-corrected chi connectivity index (χ4v) is 3.60. The highest BCUT2D eigenvalue weighted by molar-refractivity contribution is 5.90. The number of fused-ring (bicyclic) bond motifs is 1. The van der Waals surface area contributed by atoms with Gasteiger partial charge in [0.25, 0.3) is 0 Å². The van der Waals surface area contributed by atoms with Gasteiger partial charge in [-0.2, -0.15) is 0 Å². The van der Waals surface area contributed by atoms with Crippen molar-refractivity contribution in [1.82, 2.24) is 9.47 Å². The summed E-state index contributed by atoms with van der Waals surface area (Å²) in [5.41, 5.74) is 1.70. The van der Waals surface area contributed by atoms with E-state index >= 15 is 0 Å². The second-order valence-electron chi connectivity index (χ2n) is 6.52. The van der Waals surface area contributed by atoms with Gasteiger partial charge in [-0.05, 0) is 30.3 Å². The second kappa shape index (κ2) is 7.34. The molecule has 28 heavy (non-hydrogen) atoms. The molecule has 144 valence electrons. The molecule has 2 heterocycles. The first kappa shape index (κ1) is 18.0. The molecule has 3 aromatic rings. The van der Waals surface area contributed by atoms with Crippen LogP contribution in [0, 0.1) is 11.6 Å². The number of carbonyl (C=O) groups is 1. The Kier molecular flexibility index (Phi) is 4.73. The first-order valence-electron chi connectivity index (χ1n) is 8.89.